The van der Waals surface area contributed by atoms with Crippen molar-refractivity contribution >= 4 is 40.9 Å². The lowest BCUT2D eigenvalue weighted by atomic mass is 9.66. The molecule has 186 valence electrons. The molecule has 2 bridgehead atoms. The van der Waals surface area contributed by atoms with E-state index in [1.807, 2.05) is 31.2 Å². The molecule has 8 nitrogen and oxygen atoms in total. The molecule has 2 amide bonds. The zero-order chi connectivity index (χ0) is 24.7. The predicted octanol–water partition coefficient (Wildman–Crippen LogP) is 2.51. The molecule has 0 radical (unpaired) electrons. The largest absolute Gasteiger partial charge is 0.466 e. The highest BCUT2D eigenvalue weighted by atomic mass is 32.2. The third-order valence-corrected chi connectivity index (χ3v) is 9.66. The summed E-state index contributed by atoms with van der Waals surface area (Å²) in [6.07, 6.45) is 1.40. The standard InChI is InChI=1S/C25H35N3O5S/c1-5-27(6-2)17-10-8-16(9-11-17)26-21(30)20-25-13-12-24(4,34-25)19(23(32)33-7-3)18(25)22(31)28(20)14-15-29/h8-11,18-20,29H,5-7,12-15H2,1-4H3,(H,26,30)/t18-,19+,20?,24-,25?/m0/s1. The number of carbonyl (C=O) groups is 3. The zero-order valence-electron chi connectivity index (χ0n) is 20.4. The number of likely N-dealkylation sites (tertiary alicyclic amines) is 1. The zero-order valence-corrected chi connectivity index (χ0v) is 21.2. The minimum atomic E-state index is -0.758. The predicted molar refractivity (Wildman–Crippen MR) is 133 cm³/mol. The average Bonchev–Trinajstić information content (AvgIpc) is 3.37. The molecule has 1 aromatic rings. The van der Waals surface area contributed by atoms with Crippen LogP contribution in [0.4, 0.5) is 11.4 Å². The van der Waals surface area contributed by atoms with Crippen molar-refractivity contribution in [2.75, 3.05) is 43.1 Å². The molecule has 0 aromatic heterocycles. The lowest BCUT2D eigenvalue weighted by Crippen LogP contribution is -2.52. The first-order chi connectivity index (χ1) is 16.3. The Morgan fingerprint density at radius 3 is 2.47 bits per heavy atom. The normalized spacial score (nSPS) is 31.5. The first kappa shape index (κ1) is 24.9. The number of ether oxygens (including phenoxy) is 1. The van der Waals surface area contributed by atoms with Gasteiger partial charge in [-0.3, -0.25) is 14.4 Å². The summed E-state index contributed by atoms with van der Waals surface area (Å²) >= 11 is 1.59. The van der Waals surface area contributed by atoms with Gasteiger partial charge in [0.15, 0.2) is 0 Å². The third kappa shape index (κ3) is 3.77. The van der Waals surface area contributed by atoms with E-state index in [1.54, 1.807) is 18.7 Å². The van der Waals surface area contributed by atoms with Crippen LogP contribution in [0, 0.1) is 11.8 Å². The van der Waals surface area contributed by atoms with Gasteiger partial charge in [-0.05, 0) is 64.8 Å². The van der Waals surface area contributed by atoms with E-state index < -0.39 is 27.4 Å². The summed E-state index contributed by atoms with van der Waals surface area (Å²) in [5, 5.41) is 12.7. The Morgan fingerprint density at radius 1 is 1.21 bits per heavy atom. The van der Waals surface area contributed by atoms with Crippen molar-refractivity contribution in [1.82, 2.24) is 4.90 Å². The number of nitrogens with one attached hydrogen (secondary N) is 1. The maximum Gasteiger partial charge on any atom is 0.311 e. The van der Waals surface area contributed by atoms with Crippen molar-refractivity contribution in [2.45, 2.75) is 56.1 Å². The molecule has 2 unspecified atom stereocenters. The molecule has 4 rings (SSSR count). The highest BCUT2D eigenvalue weighted by Crippen LogP contribution is 2.71. The Labute approximate surface area is 205 Å². The maximum atomic E-state index is 13.7. The number of benzene rings is 1. The van der Waals surface area contributed by atoms with E-state index in [0.717, 1.165) is 25.2 Å². The number of hydrogen-bond donors (Lipinski definition) is 2. The number of amides is 2. The Kier molecular flexibility index (Phi) is 6.88. The molecule has 3 fully saturated rings. The molecule has 3 heterocycles. The number of hydrogen-bond acceptors (Lipinski definition) is 7. The number of β-amino-alcohol motifs (C(OH)–C–C–N with tert-alkyl or cyclic N) is 1. The van der Waals surface area contributed by atoms with Gasteiger partial charge in [-0.15, -0.1) is 11.8 Å². The van der Waals surface area contributed by atoms with E-state index in [1.165, 1.54) is 4.90 Å². The third-order valence-electron chi connectivity index (χ3n) is 7.67. The number of thioether (sulfide) groups is 1. The summed E-state index contributed by atoms with van der Waals surface area (Å²) in [5.74, 6) is -2.09. The number of aliphatic hydroxyl groups is 1. The average molecular weight is 490 g/mol. The summed E-state index contributed by atoms with van der Waals surface area (Å²) in [5.41, 5.74) is 1.73. The van der Waals surface area contributed by atoms with E-state index in [-0.39, 0.29) is 37.5 Å². The highest BCUT2D eigenvalue weighted by molar-refractivity contribution is 8.02. The number of esters is 1. The molecule has 5 atom stereocenters. The molecule has 0 aliphatic carbocycles. The number of carbonyl (C=O) groups excluding carboxylic acids is 3. The summed E-state index contributed by atoms with van der Waals surface area (Å²) in [7, 11) is 0. The number of aliphatic hydroxyl groups excluding tert-OH is 1. The van der Waals surface area contributed by atoms with Crippen molar-refractivity contribution < 1.29 is 24.2 Å². The Bertz CT molecular complexity index is 952. The van der Waals surface area contributed by atoms with Crippen LogP contribution in [0.2, 0.25) is 0 Å². The van der Waals surface area contributed by atoms with Gasteiger partial charge in [-0.2, -0.15) is 0 Å². The molecule has 1 spiro atoms. The first-order valence-corrected chi connectivity index (χ1v) is 13.0. The van der Waals surface area contributed by atoms with Gasteiger partial charge in [0.2, 0.25) is 11.8 Å². The quantitative estimate of drug-likeness (QED) is 0.514. The van der Waals surface area contributed by atoms with Crippen molar-refractivity contribution in [3.05, 3.63) is 24.3 Å². The van der Waals surface area contributed by atoms with Crippen LogP contribution in [0.25, 0.3) is 0 Å². The molecule has 2 N–H and O–H groups in total. The molecule has 34 heavy (non-hydrogen) atoms. The van der Waals surface area contributed by atoms with Crippen molar-refractivity contribution in [1.29, 1.82) is 0 Å². The minimum absolute atomic E-state index is 0.0584. The lowest BCUT2D eigenvalue weighted by molar-refractivity contribution is -0.155. The Morgan fingerprint density at radius 2 is 1.88 bits per heavy atom. The second-order valence-corrected chi connectivity index (χ2v) is 11.3. The Balaban J connectivity index is 1.63. The molecular weight excluding hydrogens is 454 g/mol. The Hall–Kier alpha value is -2.26. The van der Waals surface area contributed by atoms with Crippen LogP contribution >= 0.6 is 11.8 Å². The van der Waals surface area contributed by atoms with Crippen LogP contribution in [0.15, 0.2) is 24.3 Å². The SMILES string of the molecule is CCOC(=O)[C@H]1[C@H]2C(=O)N(CCO)C(C(=O)Nc3ccc(N(CC)CC)cc3)C23CC[C@]1(C)S3. The van der Waals surface area contributed by atoms with Gasteiger partial charge < -0.3 is 25.0 Å². The molecule has 3 aliphatic heterocycles. The summed E-state index contributed by atoms with van der Waals surface area (Å²) < 4.78 is 4.21. The van der Waals surface area contributed by atoms with Gasteiger partial charge in [0.05, 0.1) is 29.8 Å². The van der Waals surface area contributed by atoms with Gasteiger partial charge in [0, 0.05) is 35.8 Å². The van der Waals surface area contributed by atoms with Gasteiger partial charge in [0.25, 0.3) is 0 Å². The molecule has 3 saturated heterocycles. The summed E-state index contributed by atoms with van der Waals surface area (Å²) in [6, 6.07) is 6.93. The van der Waals surface area contributed by atoms with Crippen LogP contribution < -0.4 is 10.2 Å². The van der Waals surface area contributed by atoms with E-state index in [2.05, 4.69) is 24.1 Å². The van der Waals surface area contributed by atoms with Gasteiger partial charge >= 0.3 is 5.97 Å². The molecular formula is C25H35N3O5S. The van der Waals surface area contributed by atoms with Crippen LogP contribution in [-0.2, 0) is 19.1 Å². The number of nitrogens with zero attached hydrogens (tertiary/aromatic N) is 2. The fourth-order valence-corrected chi connectivity index (χ4v) is 8.56. The topological polar surface area (TPSA) is 99.2 Å². The summed E-state index contributed by atoms with van der Waals surface area (Å²) in [4.78, 5) is 43.9. The van der Waals surface area contributed by atoms with Crippen molar-refractivity contribution in [3.8, 4) is 0 Å². The van der Waals surface area contributed by atoms with Crippen molar-refractivity contribution in [3.63, 3.8) is 0 Å². The highest BCUT2D eigenvalue weighted by Gasteiger charge is 2.77. The fraction of sp³-hybridized carbons (Fsp3) is 0.640. The monoisotopic (exact) mass is 489 g/mol. The fourth-order valence-electron chi connectivity index (χ4n) is 6.22. The number of anilines is 2. The second kappa shape index (κ2) is 9.41. The van der Waals surface area contributed by atoms with Crippen LogP contribution in [0.5, 0.6) is 0 Å². The van der Waals surface area contributed by atoms with E-state index >= 15 is 0 Å². The van der Waals surface area contributed by atoms with Gasteiger partial charge in [-0.25, -0.2) is 0 Å². The number of rotatable bonds is 9. The van der Waals surface area contributed by atoms with Gasteiger partial charge in [-0.1, -0.05) is 0 Å². The van der Waals surface area contributed by atoms with Crippen molar-refractivity contribution in [2.24, 2.45) is 11.8 Å². The molecule has 3 aliphatic rings. The lowest BCUT2D eigenvalue weighted by Gasteiger charge is -2.34. The van der Waals surface area contributed by atoms with Crippen LogP contribution in [0.3, 0.4) is 0 Å². The van der Waals surface area contributed by atoms with Gasteiger partial charge in [0.1, 0.15) is 6.04 Å². The molecule has 1 aromatic carbocycles. The van der Waals surface area contributed by atoms with E-state index in [9.17, 15) is 19.5 Å². The molecule has 9 heteroatoms. The summed E-state index contributed by atoms with van der Waals surface area (Å²) in [6.45, 7) is 9.81. The maximum absolute atomic E-state index is 13.7. The minimum Gasteiger partial charge on any atom is -0.466 e. The van der Waals surface area contributed by atoms with Crippen LogP contribution in [-0.4, -0.2) is 76.2 Å². The second-order valence-electron chi connectivity index (χ2n) is 9.44. The molecule has 0 saturated carbocycles. The number of fused-ring (bicyclic) bond motifs is 1. The van der Waals surface area contributed by atoms with E-state index in [4.69, 9.17) is 4.74 Å². The first-order valence-electron chi connectivity index (χ1n) is 12.2. The van der Waals surface area contributed by atoms with Crippen LogP contribution in [0.1, 0.15) is 40.5 Å². The van der Waals surface area contributed by atoms with E-state index in [0.29, 0.717) is 12.1 Å². The smallest absolute Gasteiger partial charge is 0.311 e.